The van der Waals surface area contributed by atoms with E-state index in [9.17, 15) is 31.4 Å². The minimum absolute atomic E-state index is 1.91. The number of hydrogen-bond donors (Lipinski definition) is 1. The molecule has 0 rings (SSSR count). The fourth-order valence-corrected chi connectivity index (χ4v) is 0.470. The maximum absolute atomic E-state index is 11.4. The largest absolute Gasteiger partial charge is 0.845 e. The predicted molar refractivity (Wildman–Crippen MR) is 26.5 cm³/mol. The third kappa shape index (κ3) is 4.32. The van der Waals surface area contributed by atoms with Crippen LogP contribution in [0.3, 0.4) is 0 Å². The number of hydrogen-bond acceptors (Lipinski definition) is 2. The predicted octanol–water partition coefficient (Wildman–Crippen LogP) is 0.591. The molecular formula is C5H5F6O2-. The van der Waals surface area contributed by atoms with Crippen LogP contribution >= 0.6 is 0 Å². The monoisotopic (exact) mass is 211 g/mol. The molecule has 0 amide bonds. The molecule has 0 aliphatic heterocycles. The van der Waals surface area contributed by atoms with E-state index in [1.165, 1.54) is 0 Å². The zero-order valence-corrected chi connectivity index (χ0v) is 5.99. The third-order valence-electron chi connectivity index (χ3n) is 1.18. The van der Waals surface area contributed by atoms with Gasteiger partial charge in [0.1, 0.15) is 6.10 Å². The van der Waals surface area contributed by atoms with Gasteiger partial charge in [0.15, 0.2) is 0 Å². The van der Waals surface area contributed by atoms with E-state index >= 15 is 0 Å². The fraction of sp³-hybridized carbons (Fsp3) is 1.00. The Bertz CT molecular complexity index is 143. The molecule has 8 heteroatoms. The molecule has 2 nitrogen and oxygen atoms in total. The second-order valence-corrected chi connectivity index (χ2v) is 2.32. The minimum Gasteiger partial charge on any atom is -0.845 e. The minimum atomic E-state index is -5.26. The Morgan fingerprint density at radius 3 is 1.62 bits per heavy atom. The highest BCUT2D eigenvalue weighted by Gasteiger charge is 2.42. The summed E-state index contributed by atoms with van der Waals surface area (Å²) in [6.45, 7) is 0. The Balaban J connectivity index is 4.15. The van der Waals surface area contributed by atoms with E-state index in [1.54, 1.807) is 0 Å². The maximum Gasteiger partial charge on any atom is 0.414 e. The van der Waals surface area contributed by atoms with Gasteiger partial charge >= 0.3 is 12.4 Å². The number of halogens is 6. The molecule has 0 aromatic heterocycles. The molecule has 0 spiro atoms. The Hall–Kier alpha value is -0.500. The maximum atomic E-state index is 11.4. The summed E-state index contributed by atoms with van der Waals surface area (Å²) < 4.78 is 68.5. The summed E-state index contributed by atoms with van der Waals surface area (Å²) in [5.41, 5.74) is 0. The molecule has 0 aliphatic rings. The van der Waals surface area contributed by atoms with Crippen LogP contribution in [-0.4, -0.2) is 29.7 Å². The molecule has 13 heavy (non-hydrogen) atoms. The van der Waals surface area contributed by atoms with Crippen molar-refractivity contribution in [2.45, 2.75) is 31.0 Å². The van der Waals surface area contributed by atoms with Crippen LogP contribution in [0.25, 0.3) is 0 Å². The zero-order chi connectivity index (χ0) is 10.9. The highest BCUT2D eigenvalue weighted by molar-refractivity contribution is 4.73. The third-order valence-corrected chi connectivity index (χ3v) is 1.18. The molecule has 0 saturated carbocycles. The first-order valence-corrected chi connectivity index (χ1v) is 3.02. The topological polar surface area (TPSA) is 43.3 Å². The van der Waals surface area contributed by atoms with Crippen LogP contribution in [0, 0.1) is 0 Å². The zero-order valence-electron chi connectivity index (χ0n) is 5.99. The Labute approximate surface area is 68.8 Å². The van der Waals surface area contributed by atoms with Gasteiger partial charge in [0, 0.05) is 0 Å². The molecule has 0 bridgehead atoms. The SMILES string of the molecule is [O-]C(CC(O)C(F)(F)F)C(F)(F)F. The van der Waals surface area contributed by atoms with Gasteiger partial charge in [0.2, 0.25) is 0 Å². The van der Waals surface area contributed by atoms with Gasteiger partial charge in [0.05, 0.1) is 0 Å². The molecule has 0 aromatic rings. The summed E-state index contributed by atoms with van der Waals surface area (Å²) in [4.78, 5) is 0. The van der Waals surface area contributed by atoms with Gasteiger partial charge < -0.3 is 10.2 Å². The lowest BCUT2D eigenvalue weighted by Gasteiger charge is -2.28. The summed E-state index contributed by atoms with van der Waals surface area (Å²) in [5.74, 6) is 0. The van der Waals surface area contributed by atoms with Crippen molar-refractivity contribution in [3.8, 4) is 0 Å². The number of alkyl halides is 6. The van der Waals surface area contributed by atoms with Crippen molar-refractivity contribution in [1.29, 1.82) is 0 Å². The van der Waals surface area contributed by atoms with Crippen molar-refractivity contribution in [3.05, 3.63) is 0 Å². The van der Waals surface area contributed by atoms with Crippen LogP contribution in [0.2, 0.25) is 0 Å². The van der Waals surface area contributed by atoms with E-state index in [2.05, 4.69) is 0 Å². The van der Waals surface area contributed by atoms with Crippen molar-refractivity contribution in [1.82, 2.24) is 0 Å². The quantitative estimate of drug-likeness (QED) is 0.679. The molecule has 0 aromatic carbocycles. The first kappa shape index (κ1) is 12.5. The molecule has 2 atom stereocenters. The Morgan fingerprint density at radius 1 is 1.00 bits per heavy atom. The summed E-state index contributed by atoms with van der Waals surface area (Å²) in [7, 11) is 0. The molecule has 1 N–H and O–H groups in total. The van der Waals surface area contributed by atoms with Gasteiger partial charge in [-0.15, -0.1) is 0 Å². The lowest BCUT2D eigenvalue weighted by molar-refractivity contribution is -0.486. The summed E-state index contributed by atoms with van der Waals surface area (Å²) >= 11 is 0. The second-order valence-electron chi connectivity index (χ2n) is 2.32. The van der Waals surface area contributed by atoms with E-state index in [4.69, 9.17) is 5.11 Å². The molecule has 0 heterocycles. The molecule has 80 valence electrons. The summed E-state index contributed by atoms with van der Waals surface area (Å²) in [5, 5.41) is 18.1. The first-order chi connectivity index (χ1) is 5.55. The van der Waals surface area contributed by atoms with Crippen LogP contribution < -0.4 is 5.11 Å². The molecular weight excluding hydrogens is 206 g/mol. The normalized spacial score (nSPS) is 18.5. The van der Waals surface area contributed by atoms with Gasteiger partial charge in [-0.25, -0.2) is 0 Å². The molecule has 0 radical (unpaired) electrons. The van der Waals surface area contributed by atoms with E-state index in [-0.39, 0.29) is 0 Å². The van der Waals surface area contributed by atoms with Crippen molar-refractivity contribution < 1.29 is 36.6 Å². The highest BCUT2D eigenvalue weighted by atomic mass is 19.4. The average molecular weight is 211 g/mol. The van der Waals surface area contributed by atoms with Crippen LogP contribution in [0.5, 0.6) is 0 Å². The molecule has 0 saturated heterocycles. The van der Waals surface area contributed by atoms with E-state index in [0.717, 1.165) is 0 Å². The van der Waals surface area contributed by atoms with Crippen molar-refractivity contribution in [2.75, 3.05) is 0 Å². The standard InChI is InChI=1S/C5H5F6O2/c6-4(7,8)2(12)1-3(13)5(9,10)11/h2-3,12H,1H2/q-1. The summed E-state index contributed by atoms with van der Waals surface area (Å²) in [6.07, 6.45) is -19.0. The highest BCUT2D eigenvalue weighted by Crippen LogP contribution is 2.27. The Morgan fingerprint density at radius 2 is 1.38 bits per heavy atom. The van der Waals surface area contributed by atoms with Crippen LogP contribution in [0.15, 0.2) is 0 Å². The average Bonchev–Trinajstić information content (AvgIpc) is 1.82. The lowest BCUT2D eigenvalue weighted by atomic mass is 10.1. The van der Waals surface area contributed by atoms with Gasteiger partial charge in [-0.3, -0.25) is 0 Å². The molecule has 0 aliphatic carbocycles. The van der Waals surface area contributed by atoms with E-state index < -0.39 is 31.0 Å². The molecule has 0 fully saturated rings. The van der Waals surface area contributed by atoms with Crippen LogP contribution in [-0.2, 0) is 0 Å². The first-order valence-electron chi connectivity index (χ1n) is 3.02. The number of aliphatic hydroxyl groups is 1. The van der Waals surface area contributed by atoms with Crippen molar-refractivity contribution in [2.24, 2.45) is 0 Å². The van der Waals surface area contributed by atoms with Crippen molar-refractivity contribution in [3.63, 3.8) is 0 Å². The van der Waals surface area contributed by atoms with E-state index in [1.807, 2.05) is 0 Å². The van der Waals surface area contributed by atoms with Gasteiger partial charge in [-0.2, -0.15) is 26.3 Å². The van der Waals surface area contributed by atoms with Crippen LogP contribution in [0.4, 0.5) is 26.3 Å². The van der Waals surface area contributed by atoms with Gasteiger partial charge in [-0.1, -0.05) is 0 Å². The smallest absolute Gasteiger partial charge is 0.414 e. The van der Waals surface area contributed by atoms with Crippen molar-refractivity contribution >= 4 is 0 Å². The lowest BCUT2D eigenvalue weighted by Crippen LogP contribution is -2.46. The van der Waals surface area contributed by atoms with Crippen LogP contribution in [0.1, 0.15) is 6.42 Å². The second kappa shape index (κ2) is 3.70. The van der Waals surface area contributed by atoms with Gasteiger partial charge in [0.25, 0.3) is 0 Å². The van der Waals surface area contributed by atoms with Gasteiger partial charge in [-0.05, 0) is 12.5 Å². The Kier molecular flexibility index (Phi) is 3.56. The molecule has 2 unspecified atom stereocenters. The summed E-state index contributed by atoms with van der Waals surface area (Å²) in [6, 6.07) is 0. The number of rotatable bonds is 2. The fourth-order valence-electron chi connectivity index (χ4n) is 0.470. The number of aliphatic hydroxyl groups excluding tert-OH is 1. The van der Waals surface area contributed by atoms with E-state index in [0.29, 0.717) is 0 Å².